The molecule has 0 aliphatic rings. The van der Waals surface area contributed by atoms with Crippen LogP contribution in [0.3, 0.4) is 0 Å². The first kappa shape index (κ1) is 12.4. The first-order chi connectivity index (χ1) is 6.91. The highest BCUT2D eigenvalue weighted by Crippen LogP contribution is 2.01. The average Bonchev–Trinajstić information content (AvgIpc) is 2.21. The Hall–Kier alpha value is -1.58. The summed E-state index contributed by atoms with van der Waals surface area (Å²) in [6.07, 6.45) is 7.61. The van der Waals surface area contributed by atoms with Crippen molar-refractivity contribution in [1.29, 1.82) is 0 Å². The van der Waals surface area contributed by atoms with E-state index in [1.165, 1.54) is 12.8 Å². The third-order valence-electron chi connectivity index (χ3n) is 1.61. The Bertz CT molecular complexity index is 314. The Morgan fingerprint density at radius 2 is 1.79 bits per heavy atom. The van der Waals surface area contributed by atoms with Gasteiger partial charge in [0.2, 0.25) is 0 Å². The molecule has 0 heteroatoms. The van der Waals surface area contributed by atoms with Crippen molar-refractivity contribution in [3.63, 3.8) is 0 Å². The molecule has 0 heterocycles. The average molecular weight is 184 g/mol. The van der Waals surface area contributed by atoms with E-state index in [2.05, 4.69) is 42.1 Å². The highest BCUT2D eigenvalue weighted by molar-refractivity contribution is 5.35. The van der Waals surface area contributed by atoms with Crippen molar-refractivity contribution in [2.45, 2.75) is 39.0 Å². The smallest absolute Gasteiger partial charge is 0.00989 e. The molecule has 0 saturated heterocycles. The molecule has 0 amide bonds. The Kier molecular flexibility index (Phi) is 10.1. The van der Waals surface area contributed by atoms with E-state index in [9.17, 15) is 0 Å². The van der Waals surface area contributed by atoms with Crippen molar-refractivity contribution >= 4 is 0 Å². The summed E-state index contributed by atoms with van der Waals surface area (Å²) >= 11 is 0. The first-order valence-corrected chi connectivity index (χ1v) is 4.92. The van der Waals surface area contributed by atoms with Crippen LogP contribution < -0.4 is 0 Å². The van der Waals surface area contributed by atoms with Gasteiger partial charge in [-0.25, -0.2) is 0 Å². The van der Waals surface area contributed by atoms with Crippen molar-refractivity contribution in [3.05, 3.63) is 12.7 Å². The van der Waals surface area contributed by atoms with E-state index in [4.69, 9.17) is 0 Å². The molecule has 0 aromatic heterocycles. The highest BCUT2D eigenvalue weighted by Gasteiger charge is 1.83. The molecule has 0 aromatic rings. The molecule has 0 aromatic carbocycles. The summed E-state index contributed by atoms with van der Waals surface area (Å²) in [6, 6.07) is 0. The van der Waals surface area contributed by atoms with Crippen molar-refractivity contribution < 1.29 is 0 Å². The van der Waals surface area contributed by atoms with Gasteiger partial charge in [-0.1, -0.05) is 24.3 Å². The van der Waals surface area contributed by atoms with Crippen LogP contribution in [0.5, 0.6) is 0 Å². The molecule has 0 spiro atoms. The molecular formula is C14H16. The van der Waals surface area contributed by atoms with Gasteiger partial charge in [-0.3, -0.25) is 0 Å². The van der Waals surface area contributed by atoms with Gasteiger partial charge in [0.05, 0.1) is 0 Å². The van der Waals surface area contributed by atoms with E-state index in [1.807, 2.05) is 6.08 Å². The molecule has 0 aliphatic carbocycles. The zero-order valence-electron chi connectivity index (χ0n) is 8.82. The molecule has 0 N–H and O–H groups in total. The van der Waals surface area contributed by atoms with Gasteiger partial charge < -0.3 is 0 Å². The summed E-state index contributed by atoms with van der Waals surface area (Å²) in [6.45, 7) is 5.44. The molecule has 14 heavy (non-hydrogen) atoms. The summed E-state index contributed by atoms with van der Waals surface area (Å²) in [5.41, 5.74) is 0. The second kappa shape index (κ2) is 11.4. The lowest BCUT2D eigenvalue weighted by Gasteiger charge is -1.91. The number of unbranched alkanes of at least 4 members (excludes halogenated alkanes) is 4. The summed E-state index contributed by atoms with van der Waals surface area (Å²) in [5.74, 6) is 16.5. The number of hydrogen-bond acceptors (Lipinski definition) is 0. The fourth-order valence-corrected chi connectivity index (χ4v) is 0.911. The van der Waals surface area contributed by atoms with E-state index in [1.54, 1.807) is 6.92 Å². The van der Waals surface area contributed by atoms with Gasteiger partial charge >= 0.3 is 0 Å². The summed E-state index contributed by atoms with van der Waals surface area (Å²) in [7, 11) is 0. The molecule has 0 fully saturated rings. The molecule has 0 rings (SSSR count). The van der Waals surface area contributed by atoms with Gasteiger partial charge in [-0.2, -0.15) is 0 Å². The van der Waals surface area contributed by atoms with Gasteiger partial charge in [0, 0.05) is 6.42 Å². The minimum Gasteiger partial charge on any atom is -0.103 e. The SMILES string of the molecule is C=CCCCCCC#CC#CC#CC. The number of hydrogen-bond donors (Lipinski definition) is 0. The van der Waals surface area contributed by atoms with Crippen LogP contribution in [0.25, 0.3) is 0 Å². The van der Waals surface area contributed by atoms with Crippen LogP contribution in [0.4, 0.5) is 0 Å². The molecule has 0 atom stereocenters. The van der Waals surface area contributed by atoms with Crippen molar-refractivity contribution in [2.24, 2.45) is 0 Å². The fourth-order valence-electron chi connectivity index (χ4n) is 0.911. The largest absolute Gasteiger partial charge is 0.103 e. The van der Waals surface area contributed by atoms with Crippen molar-refractivity contribution in [1.82, 2.24) is 0 Å². The fraction of sp³-hybridized carbons (Fsp3) is 0.429. The number of rotatable bonds is 5. The normalized spacial score (nSPS) is 6.93. The topological polar surface area (TPSA) is 0 Å². The van der Waals surface area contributed by atoms with Gasteiger partial charge in [0.15, 0.2) is 0 Å². The maximum Gasteiger partial charge on any atom is 0.00989 e. The van der Waals surface area contributed by atoms with Gasteiger partial charge in [0.1, 0.15) is 0 Å². The molecule has 72 valence electrons. The Labute approximate surface area is 87.8 Å². The minimum absolute atomic E-state index is 0.936. The van der Waals surface area contributed by atoms with Crippen LogP contribution in [0.15, 0.2) is 12.7 Å². The van der Waals surface area contributed by atoms with Gasteiger partial charge in [-0.05, 0) is 49.9 Å². The molecule has 0 nitrogen and oxygen atoms in total. The number of allylic oxidation sites excluding steroid dienone is 1. The quantitative estimate of drug-likeness (QED) is 0.350. The molecular weight excluding hydrogens is 168 g/mol. The summed E-state index contributed by atoms with van der Waals surface area (Å²) in [4.78, 5) is 0. The predicted molar refractivity (Wildman–Crippen MR) is 62.3 cm³/mol. The lowest BCUT2D eigenvalue weighted by Crippen LogP contribution is -1.74. The standard InChI is InChI=1S/C14H16/c1-3-5-7-9-11-13-14-12-10-8-6-4-2/h3H,1,5,7,9,11,13H2,2H3. The minimum atomic E-state index is 0.936. The van der Waals surface area contributed by atoms with Crippen LogP contribution in [0.1, 0.15) is 39.0 Å². The molecule has 0 unspecified atom stereocenters. The summed E-state index contributed by atoms with van der Waals surface area (Å²) in [5, 5.41) is 0. The zero-order chi connectivity index (χ0) is 10.5. The van der Waals surface area contributed by atoms with Crippen molar-refractivity contribution in [3.8, 4) is 35.5 Å². The molecule has 0 radical (unpaired) electrons. The lowest BCUT2D eigenvalue weighted by atomic mass is 10.1. The third kappa shape index (κ3) is 10.4. The first-order valence-electron chi connectivity index (χ1n) is 4.92. The zero-order valence-corrected chi connectivity index (χ0v) is 8.82. The van der Waals surface area contributed by atoms with E-state index in [0.717, 1.165) is 19.3 Å². The van der Waals surface area contributed by atoms with E-state index < -0.39 is 0 Å². The Morgan fingerprint density at radius 1 is 1.00 bits per heavy atom. The van der Waals surface area contributed by atoms with Crippen molar-refractivity contribution in [2.75, 3.05) is 0 Å². The van der Waals surface area contributed by atoms with Gasteiger partial charge in [0.25, 0.3) is 0 Å². The highest BCUT2D eigenvalue weighted by atomic mass is 13.9. The van der Waals surface area contributed by atoms with Crippen LogP contribution in [-0.2, 0) is 0 Å². The second-order valence-electron chi connectivity index (χ2n) is 2.81. The summed E-state index contributed by atoms with van der Waals surface area (Å²) < 4.78 is 0. The van der Waals surface area contributed by atoms with Crippen LogP contribution >= 0.6 is 0 Å². The van der Waals surface area contributed by atoms with Crippen LogP contribution in [0, 0.1) is 35.5 Å². The second-order valence-corrected chi connectivity index (χ2v) is 2.81. The Balaban J connectivity index is 3.38. The predicted octanol–water partition coefficient (Wildman–Crippen LogP) is 3.15. The van der Waals surface area contributed by atoms with Crippen LogP contribution in [-0.4, -0.2) is 0 Å². The van der Waals surface area contributed by atoms with Gasteiger partial charge in [-0.15, -0.1) is 6.58 Å². The maximum atomic E-state index is 3.68. The molecule has 0 aliphatic heterocycles. The molecule has 0 bridgehead atoms. The lowest BCUT2D eigenvalue weighted by molar-refractivity contribution is 0.703. The van der Waals surface area contributed by atoms with Crippen LogP contribution in [0.2, 0.25) is 0 Å². The third-order valence-corrected chi connectivity index (χ3v) is 1.61. The molecule has 0 saturated carbocycles. The van der Waals surface area contributed by atoms with E-state index >= 15 is 0 Å². The monoisotopic (exact) mass is 184 g/mol. The van der Waals surface area contributed by atoms with E-state index in [0.29, 0.717) is 0 Å². The Morgan fingerprint density at radius 3 is 2.50 bits per heavy atom. The van der Waals surface area contributed by atoms with E-state index in [-0.39, 0.29) is 0 Å². The maximum absolute atomic E-state index is 3.68.